The summed E-state index contributed by atoms with van der Waals surface area (Å²) in [6, 6.07) is 0. The standard InChI is InChI=1S/C11H26N2O2S/c1-4-7-12-9-10-16(14,15)13-8-5-6-11(2)3/h11-13H,4-10H2,1-3H3. The average Bonchev–Trinajstić information content (AvgIpc) is 2.19. The summed E-state index contributed by atoms with van der Waals surface area (Å²) in [6.45, 7) is 8.32. The molecule has 0 radical (unpaired) electrons. The summed E-state index contributed by atoms with van der Waals surface area (Å²) in [4.78, 5) is 0. The van der Waals surface area contributed by atoms with Gasteiger partial charge in [0, 0.05) is 13.1 Å². The Kier molecular flexibility index (Phi) is 8.89. The van der Waals surface area contributed by atoms with Gasteiger partial charge in [-0.3, -0.25) is 0 Å². The van der Waals surface area contributed by atoms with Crippen LogP contribution in [0.25, 0.3) is 0 Å². The molecule has 98 valence electrons. The molecule has 0 aromatic rings. The highest BCUT2D eigenvalue weighted by molar-refractivity contribution is 7.89. The highest BCUT2D eigenvalue weighted by atomic mass is 32.2. The monoisotopic (exact) mass is 250 g/mol. The number of hydrogen-bond acceptors (Lipinski definition) is 3. The molecule has 0 bridgehead atoms. The van der Waals surface area contributed by atoms with Crippen LogP contribution in [-0.2, 0) is 10.0 Å². The van der Waals surface area contributed by atoms with Crippen molar-refractivity contribution in [1.29, 1.82) is 0 Å². The SMILES string of the molecule is CCCNCCS(=O)(=O)NCCCC(C)C. The van der Waals surface area contributed by atoms with Gasteiger partial charge in [0.15, 0.2) is 0 Å². The van der Waals surface area contributed by atoms with E-state index in [1.807, 2.05) is 0 Å². The third-order valence-electron chi connectivity index (χ3n) is 2.25. The maximum Gasteiger partial charge on any atom is 0.212 e. The molecule has 0 amide bonds. The summed E-state index contributed by atoms with van der Waals surface area (Å²) in [6.07, 6.45) is 3.01. The Morgan fingerprint density at radius 3 is 2.38 bits per heavy atom. The molecule has 2 N–H and O–H groups in total. The number of hydrogen-bond donors (Lipinski definition) is 2. The molecule has 0 fully saturated rings. The zero-order valence-electron chi connectivity index (χ0n) is 10.8. The maximum absolute atomic E-state index is 11.5. The van der Waals surface area contributed by atoms with Crippen LogP contribution in [0, 0.1) is 5.92 Å². The van der Waals surface area contributed by atoms with Gasteiger partial charge in [-0.25, -0.2) is 13.1 Å². The van der Waals surface area contributed by atoms with Gasteiger partial charge in [-0.05, 0) is 31.7 Å². The fourth-order valence-electron chi connectivity index (χ4n) is 1.32. The van der Waals surface area contributed by atoms with Crippen molar-refractivity contribution in [3.63, 3.8) is 0 Å². The smallest absolute Gasteiger partial charge is 0.212 e. The second kappa shape index (κ2) is 8.96. The van der Waals surface area contributed by atoms with E-state index >= 15 is 0 Å². The predicted molar refractivity (Wildman–Crippen MR) is 69.0 cm³/mol. The first-order chi connectivity index (χ1) is 7.48. The van der Waals surface area contributed by atoms with Crippen molar-refractivity contribution >= 4 is 10.0 Å². The fourth-order valence-corrected chi connectivity index (χ4v) is 2.33. The quantitative estimate of drug-likeness (QED) is 0.575. The van der Waals surface area contributed by atoms with Crippen molar-refractivity contribution in [2.24, 2.45) is 5.92 Å². The van der Waals surface area contributed by atoms with Crippen LogP contribution in [0.2, 0.25) is 0 Å². The topological polar surface area (TPSA) is 58.2 Å². The van der Waals surface area contributed by atoms with E-state index in [0.717, 1.165) is 25.8 Å². The average molecular weight is 250 g/mol. The van der Waals surface area contributed by atoms with Crippen molar-refractivity contribution < 1.29 is 8.42 Å². The van der Waals surface area contributed by atoms with Gasteiger partial charge in [-0.1, -0.05) is 20.8 Å². The predicted octanol–water partition coefficient (Wildman–Crippen LogP) is 1.34. The van der Waals surface area contributed by atoms with Gasteiger partial charge in [0.1, 0.15) is 0 Å². The lowest BCUT2D eigenvalue weighted by Crippen LogP contribution is -2.32. The first-order valence-corrected chi connectivity index (χ1v) is 7.81. The van der Waals surface area contributed by atoms with Crippen LogP contribution in [0.4, 0.5) is 0 Å². The van der Waals surface area contributed by atoms with Gasteiger partial charge in [0.05, 0.1) is 5.75 Å². The second-order valence-electron chi connectivity index (χ2n) is 4.50. The molecule has 0 heterocycles. The summed E-state index contributed by atoms with van der Waals surface area (Å²) < 4.78 is 25.6. The molecular weight excluding hydrogens is 224 g/mol. The molecule has 0 aromatic heterocycles. The van der Waals surface area contributed by atoms with Crippen molar-refractivity contribution in [1.82, 2.24) is 10.0 Å². The number of nitrogens with one attached hydrogen (secondary N) is 2. The molecule has 0 unspecified atom stereocenters. The molecule has 0 saturated carbocycles. The number of rotatable bonds is 10. The van der Waals surface area contributed by atoms with Crippen LogP contribution >= 0.6 is 0 Å². The molecule has 0 rings (SSSR count). The molecule has 0 spiro atoms. The summed E-state index contributed by atoms with van der Waals surface area (Å²) in [5.74, 6) is 0.810. The molecule has 5 heteroatoms. The molecule has 16 heavy (non-hydrogen) atoms. The zero-order chi connectivity index (χ0) is 12.4. The Morgan fingerprint density at radius 1 is 1.12 bits per heavy atom. The van der Waals surface area contributed by atoms with E-state index in [-0.39, 0.29) is 5.75 Å². The lowest BCUT2D eigenvalue weighted by molar-refractivity contribution is 0.538. The van der Waals surface area contributed by atoms with Crippen molar-refractivity contribution in [2.75, 3.05) is 25.4 Å². The zero-order valence-corrected chi connectivity index (χ0v) is 11.6. The molecule has 0 aliphatic heterocycles. The molecule has 0 saturated heterocycles. The summed E-state index contributed by atoms with van der Waals surface area (Å²) in [7, 11) is -3.07. The van der Waals surface area contributed by atoms with Crippen LogP contribution in [0.1, 0.15) is 40.0 Å². The Morgan fingerprint density at radius 2 is 1.81 bits per heavy atom. The Labute approximate surface area is 100 Å². The van der Waals surface area contributed by atoms with Crippen LogP contribution < -0.4 is 10.0 Å². The van der Waals surface area contributed by atoms with E-state index in [9.17, 15) is 8.42 Å². The Balaban J connectivity index is 3.55. The summed E-state index contributed by atoms with van der Waals surface area (Å²) in [5, 5.41) is 3.08. The van der Waals surface area contributed by atoms with E-state index in [0.29, 0.717) is 19.0 Å². The van der Waals surface area contributed by atoms with Gasteiger partial charge >= 0.3 is 0 Å². The van der Waals surface area contributed by atoms with Gasteiger partial charge in [-0.2, -0.15) is 0 Å². The third kappa shape index (κ3) is 10.4. The van der Waals surface area contributed by atoms with E-state index in [2.05, 4.69) is 30.8 Å². The van der Waals surface area contributed by atoms with Crippen molar-refractivity contribution in [3.05, 3.63) is 0 Å². The van der Waals surface area contributed by atoms with E-state index in [1.165, 1.54) is 0 Å². The minimum absolute atomic E-state index is 0.175. The van der Waals surface area contributed by atoms with E-state index in [1.54, 1.807) is 0 Å². The summed E-state index contributed by atoms with van der Waals surface area (Å²) in [5.41, 5.74) is 0. The van der Waals surface area contributed by atoms with Crippen LogP contribution in [0.5, 0.6) is 0 Å². The van der Waals surface area contributed by atoms with Crippen LogP contribution in [0.15, 0.2) is 0 Å². The third-order valence-corrected chi connectivity index (χ3v) is 3.64. The minimum Gasteiger partial charge on any atom is -0.316 e. The highest BCUT2D eigenvalue weighted by Gasteiger charge is 2.08. The lowest BCUT2D eigenvalue weighted by Gasteiger charge is -2.08. The van der Waals surface area contributed by atoms with E-state index in [4.69, 9.17) is 0 Å². The molecule has 0 aromatic carbocycles. The normalized spacial score (nSPS) is 12.2. The molecule has 4 nitrogen and oxygen atoms in total. The first kappa shape index (κ1) is 15.9. The highest BCUT2D eigenvalue weighted by Crippen LogP contribution is 2.02. The van der Waals surface area contributed by atoms with E-state index < -0.39 is 10.0 Å². The number of sulfonamides is 1. The van der Waals surface area contributed by atoms with Gasteiger partial charge < -0.3 is 5.32 Å². The Hall–Kier alpha value is -0.130. The lowest BCUT2D eigenvalue weighted by atomic mass is 10.1. The molecule has 0 aliphatic rings. The van der Waals surface area contributed by atoms with Gasteiger partial charge in [0.2, 0.25) is 10.0 Å². The van der Waals surface area contributed by atoms with Crippen LogP contribution in [-0.4, -0.2) is 33.8 Å². The summed E-state index contributed by atoms with van der Waals surface area (Å²) >= 11 is 0. The fraction of sp³-hybridized carbons (Fsp3) is 1.00. The molecular formula is C11H26N2O2S. The molecule has 0 aliphatic carbocycles. The second-order valence-corrected chi connectivity index (χ2v) is 6.43. The first-order valence-electron chi connectivity index (χ1n) is 6.16. The largest absolute Gasteiger partial charge is 0.316 e. The Bertz CT molecular complexity index is 251. The van der Waals surface area contributed by atoms with Crippen LogP contribution in [0.3, 0.4) is 0 Å². The maximum atomic E-state index is 11.5. The minimum atomic E-state index is -3.07. The van der Waals surface area contributed by atoms with Crippen molar-refractivity contribution in [3.8, 4) is 0 Å². The van der Waals surface area contributed by atoms with Crippen molar-refractivity contribution in [2.45, 2.75) is 40.0 Å². The van der Waals surface area contributed by atoms with Gasteiger partial charge in [-0.15, -0.1) is 0 Å². The van der Waals surface area contributed by atoms with Gasteiger partial charge in [0.25, 0.3) is 0 Å². The molecule has 0 atom stereocenters.